The van der Waals surface area contributed by atoms with Crippen LogP contribution < -0.4 is 5.32 Å². The number of oxazole rings is 1. The number of aromatic nitrogens is 1. The quantitative estimate of drug-likeness (QED) is 0.660. The summed E-state index contributed by atoms with van der Waals surface area (Å²) >= 11 is 0. The molecule has 1 unspecified atom stereocenters. The Hall–Kier alpha value is -2.70. The molecule has 6 heteroatoms. The molecule has 28 heavy (non-hydrogen) atoms. The Morgan fingerprint density at radius 3 is 2.75 bits per heavy atom. The maximum Gasteiger partial charge on any atom is 0.255 e. The van der Waals surface area contributed by atoms with Gasteiger partial charge in [0, 0.05) is 19.6 Å². The average Bonchev–Trinajstić information content (AvgIpc) is 3.13. The Labute approximate surface area is 164 Å². The second-order valence-electron chi connectivity index (χ2n) is 7.34. The third-order valence-corrected chi connectivity index (χ3v) is 5.25. The molecule has 1 aliphatic rings. The third-order valence-electron chi connectivity index (χ3n) is 5.25. The summed E-state index contributed by atoms with van der Waals surface area (Å²) in [7, 11) is 0. The predicted octanol–water partition coefficient (Wildman–Crippen LogP) is 2.51. The van der Waals surface area contributed by atoms with Gasteiger partial charge in [-0.3, -0.25) is 4.79 Å². The zero-order valence-electron chi connectivity index (χ0n) is 15.8. The van der Waals surface area contributed by atoms with Crippen LogP contribution in [0.25, 0.3) is 11.1 Å². The number of likely N-dealkylation sites (tertiary alicyclic amines) is 1. The molecule has 0 radical (unpaired) electrons. The van der Waals surface area contributed by atoms with E-state index < -0.39 is 5.60 Å². The molecule has 1 atom stereocenters. The maximum absolute atomic E-state index is 12.8. The normalized spacial score (nSPS) is 20.0. The highest BCUT2D eigenvalue weighted by Crippen LogP contribution is 2.23. The van der Waals surface area contributed by atoms with Crippen molar-refractivity contribution in [3.8, 4) is 0 Å². The molecule has 1 amide bonds. The highest BCUT2D eigenvalue weighted by Gasteiger charge is 2.41. The number of nitrogens with zero attached hydrogens (tertiary/aromatic N) is 2. The van der Waals surface area contributed by atoms with E-state index in [4.69, 9.17) is 4.42 Å². The molecule has 4 rings (SSSR count). The van der Waals surface area contributed by atoms with E-state index in [0.29, 0.717) is 31.9 Å². The van der Waals surface area contributed by atoms with Crippen molar-refractivity contribution in [2.24, 2.45) is 0 Å². The summed E-state index contributed by atoms with van der Waals surface area (Å²) in [6.07, 6.45) is 2.05. The largest absolute Gasteiger partial charge is 0.439 e. The van der Waals surface area contributed by atoms with Crippen LogP contribution in [0.15, 0.2) is 59.0 Å². The molecule has 2 heterocycles. The van der Waals surface area contributed by atoms with Gasteiger partial charge < -0.3 is 19.7 Å². The maximum atomic E-state index is 12.8. The highest BCUT2D eigenvalue weighted by atomic mass is 16.3. The standard InChI is InChI=1S/C22H25N3O3/c26-21-22(27,12-6-13-25(21)14-11-17-7-2-1-3-8-17)16-23-15-20-24-18-9-4-5-10-19(18)28-20/h1-5,7-10,23,27H,6,11-16H2. The number of benzene rings is 2. The summed E-state index contributed by atoms with van der Waals surface area (Å²) in [6.45, 7) is 1.87. The van der Waals surface area contributed by atoms with E-state index in [2.05, 4.69) is 22.4 Å². The van der Waals surface area contributed by atoms with Gasteiger partial charge in [0.1, 0.15) is 5.52 Å². The van der Waals surface area contributed by atoms with E-state index in [9.17, 15) is 9.90 Å². The fourth-order valence-electron chi connectivity index (χ4n) is 3.72. The van der Waals surface area contributed by atoms with E-state index in [-0.39, 0.29) is 12.5 Å². The van der Waals surface area contributed by atoms with Crippen LogP contribution in [0.4, 0.5) is 0 Å². The Balaban J connectivity index is 1.33. The molecule has 1 fully saturated rings. The lowest BCUT2D eigenvalue weighted by atomic mass is 9.91. The van der Waals surface area contributed by atoms with Gasteiger partial charge in [0.05, 0.1) is 6.54 Å². The number of fused-ring (bicyclic) bond motifs is 1. The third kappa shape index (κ3) is 4.08. The molecule has 2 aromatic carbocycles. The molecule has 1 aliphatic heterocycles. The number of nitrogens with one attached hydrogen (secondary N) is 1. The summed E-state index contributed by atoms with van der Waals surface area (Å²) in [6, 6.07) is 17.7. The van der Waals surface area contributed by atoms with Gasteiger partial charge in [0.2, 0.25) is 5.89 Å². The van der Waals surface area contributed by atoms with E-state index >= 15 is 0 Å². The van der Waals surface area contributed by atoms with Crippen LogP contribution in [0.3, 0.4) is 0 Å². The first-order valence-electron chi connectivity index (χ1n) is 9.75. The summed E-state index contributed by atoms with van der Waals surface area (Å²) in [5, 5.41) is 14.1. The number of piperidine rings is 1. The average molecular weight is 379 g/mol. The van der Waals surface area contributed by atoms with E-state index in [1.807, 2.05) is 42.5 Å². The second-order valence-corrected chi connectivity index (χ2v) is 7.34. The fraction of sp³-hybridized carbons (Fsp3) is 0.364. The predicted molar refractivity (Wildman–Crippen MR) is 107 cm³/mol. The lowest BCUT2D eigenvalue weighted by Crippen LogP contribution is -2.58. The van der Waals surface area contributed by atoms with Crippen molar-refractivity contribution in [2.75, 3.05) is 19.6 Å². The Morgan fingerprint density at radius 1 is 1.14 bits per heavy atom. The van der Waals surface area contributed by atoms with Crippen molar-refractivity contribution in [1.82, 2.24) is 15.2 Å². The second kappa shape index (κ2) is 8.12. The Morgan fingerprint density at radius 2 is 1.93 bits per heavy atom. The van der Waals surface area contributed by atoms with E-state index in [1.54, 1.807) is 4.90 Å². The minimum absolute atomic E-state index is 0.187. The molecule has 0 spiro atoms. The number of hydrogen-bond acceptors (Lipinski definition) is 5. The minimum atomic E-state index is -1.37. The van der Waals surface area contributed by atoms with Crippen LogP contribution >= 0.6 is 0 Å². The van der Waals surface area contributed by atoms with Crippen LogP contribution in [0.2, 0.25) is 0 Å². The first-order valence-corrected chi connectivity index (χ1v) is 9.75. The summed E-state index contributed by atoms with van der Waals surface area (Å²) in [4.78, 5) is 19.0. The molecule has 0 saturated carbocycles. The van der Waals surface area contributed by atoms with Gasteiger partial charge in [-0.25, -0.2) is 4.98 Å². The van der Waals surface area contributed by atoms with Gasteiger partial charge >= 0.3 is 0 Å². The minimum Gasteiger partial charge on any atom is -0.439 e. The van der Waals surface area contributed by atoms with Crippen molar-refractivity contribution in [1.29, 1.82) is 0 Å². The molecule has 0 bridgehead atoms. The molecular weight excluding hydrogens is 354 g/mol. The van der Waals surface area contributed by atoms with E-state index in [1.165, 1.54) is 5.56 Å². The topological polar surface area (TPSA) is 78.6 Å². The molecule has 0 aliphatic carbocycles. The molecule has 1 aromatic heterocycles. The molecular formula is C22H25N3O3. The van der Waals surface area contributed by atoms with Gasteiger partial charge in [-0.2, -0.15) is 0 Å². The van der Waals surface area contributed by atoms with Crippen LogP contribution in [-0.2, 0) is 17.8 Å². The van der Waals surface area contributed by atoms with Gasteiger partial charge in [-0.15, -0.1) is 0 Å². The number of hydrogen-bond donors (Lipinski definition) is 2. The number of rotatable bonds is 7. The van der Waals surface area contributed by atoms with Gasteiger partial charge in [0.15, 0.2) is 11.2 Å². The highest BCUT2D eigenvalue weighted by molar-refractivity contribution is 5.86. The van der Waals surface area contributed by atoms with Gasteiger partial charge in [-0.05, 0) is 37.0 Å². The number of aliphatic hydroxyl groups is 1. The van der Waals surface area contributed by atoms with E-state index in [0.717, 1.165) is 23.9 Å². The molecule has 146 valence electrons. The first-order chi connectivity index (χ1) is 13.6. The summed E-state index contributed by atoms with van der Waals surface area (Å²) in [5.41, 5.74) is 1.36. The monoisotopic (exact) mass is 379 g/mol. The Bertz CT molecular complexity index is 907. The fourth-order valence-corrected chi connectivity index (χ4v) is 3.72. The molecule has 1 saturated heterocycles. The zero-order chi connectivity index (χ0) is 19.4. The lowest BCUT2D eigenvalue weighted by Gasteiger charge is -2.38. The number of carbonyl (C=O) groups is 1. The van der Waals surface area contributed by atoms with Crippen molar-refractivity contribution in [3.05, 3.63) is 66.1 Å². The summed E-state index contributed by atoms with van der Waals surface area (Å²) < 4.78 is 5.68. The van der Waals surface area contributed by atoms with Crippen molar-refractivity contribution >= 4 is 17.0 Å². The van der Waals surface area contributed by atoms with Crippen LogP contribution in [0.5, 0.6) is 0 Å². The van der Waals surface area contributed by atoms with Crippen LogP contribution in [0, 0.1) is 0 Å². The van der Waals surface area contributed by atoms with Crippen molar-refractivity contribution in [3.63, 3.8) is 0 Å². The molecule has 3 aromatic rings. The SMILES string of the molecule is O=C1N(CCc2ccccc2)CCCC1(O)CNCc1nc2ccccc2o1. The smallest absolute Gasteiger partial charge is 0.255 e. The Kier molecular flexibility index (Phi) is 5.41. The van der Waals surface area contributed by atoms with Gasteiger partial charge in [-0.1, -0.05) is 42.5 Å². The van der Waals surface area contributed by atoms with Crippen LogP contribution in [0.1, 0.15) is 24.3 Å². The van der Waals surface area contributed by atoms with Crippen molar-refractivity contribution < 1.29 is 14.3 Å². The number of carbonyl (C=O) groups excluding carboxylic acids is 1. The first kappa shape index (κ1) is 18.7. The van der Waals surface area contributed by atoms with Crippen LogP contribution in [-0.4, -0.2) is 46.1 Å². The summed E-state index contributed by atoms with van der Waals surface area (Å²) in [5.74, 6) is 0.355. The zero-order valence-corrected chi connectivity index (χ0v) is 15.8. The lowest BCUT2D eigenvalue weighted by molar-refractivity contribution is -0.156. The van der Waals surface area contributed by atoms with Gasteiger partial charge in [0.25, 0.3) is 5.91 Å². The number of amides is 1. The molecule has 2 N–H and O–H groups in total. The number of para-hydroxylation sites is 2. The molecule has 6 nitrogen and oxygen atoms in total. The van der Waals surface area contributed by atoms with Crippen molar-refractivity contribution in [2.45, 2.75) is 31.4 Å².